The lowest BCUT2D eigenvalue weighted by Gasteiger charge is -2.36. The summed E-state index contributed by atoms with van der Waals surface area (Å²) in [5.41, 5.74) is 2.23. The smallest absolute Gasteiger partial charge is 0.156 e. The van der Waals surface area contributed by atoms with Crippen molar-refractivity contribution in [3.05, 3.63) is 35.9 Å². The number of likely N-dealkylation sites (tertiary alicyclic amines) is 1. The van der Waals surface area contributed by atoms with E-state index in [1.54, 1.807) is 0 Å². The summed E-state index contributed by atoms with van der Waals surface area (Å²) in [6.07, 6.45) is 3.27. The summed E-state index contributed by atoms with van der Waals surface area (Å²) in [6, 6.07) is 10.3. The van der Waals surface area contributed by atoms with Crippen LogP contribution in [0.2, 0.25) is 0 Å². The monoisotopic (exact) mass is 260 g/mol. The maximum Gasteiger partial charge on any atom is 0.156 e. The molecule has 2 aliphatic heterocycles. The zero-order chi connectivity index (χ0) is 13.7. The van der Waals surface area contributed by atoms with Gasteiger partial charge in [-0.1, -0.05) is 49.3 Å². The topological polar surface area (TPSA) is 24.8 Å². The van der Waals surface area contributed by atoms with Crippen molar-refractivity contribution in [1.82, 2.24) is 4.90 Å². The maximum atomic E-state index is 5.77. The molecule has 1 saturated heterocycles. The maximum absolute atomic E-state index is 5.77. The molecule has 0 aromatic heterocycles. The molecule has 1 unspecified atom stereocenters. The van der Waals surface area contributed by atoms with E-state index in [2.05, 4.69) is 41.4 Å². The Kier molecular flexibility index (Phi) is 4.59. The third-order valence-corrected chi connectivity index (χ3v) is 3.68. The van der Waals surface area contributed by atoms with Gasteiger partial charge in [0, 0.05) is 13.0 Å². The Bertz CT molecular complexity index is 430. The van der Waals surface area contributed by atoms with Gasteiger partial charge in [-0.15, -0.1) is 0 Å². The quantitative estimate of drug-likeness (QED) is 0.774. The summed E-state index contributed by atoms with van der Waals surface area (Å²) in [5.74, 6) is 0. The fourth-order valence-corrected chi connectivity index (χ4v) is 2.85. The van der Waals surface area contributed by atoms with Gasteiger partial charge >= 0.3 is 0 Å². The van der Waals surface area contributed by atoms with Crippen LogP contribution in [0.5, 0.6) is 0 Å². The Morgan fingerprint density at radius 3 is 2.63 bits per heavy atom. The molecule has 2 aliphatic rings. The molecule has 0 bridgehead atoms. The third-order valence-electron chi connectivity index (χ3n) is 3.68. The SMILES string of the molecule is CC.CN1CCCC2(CC(c3ccccc3)=NO2)C1. The Labute approximate surface area is 116 Å². The number of piperidine rings is 1. The minimum absolute atomic E-state index is 0.0574. The second kappa shape index (κ2) is 6.20. The van der Waals surface area contributed by atoms with Crippen molar-refractivity contribution in [2.45, 2.75) is 38.7 Å². The van der Waals surface area contributed by atoms with Crippen LogP contribution in [0, 0.1) is 0 Å². The van der Waals surface area contributed by atoms with Crippen LogP contribution in [0.15, 0.2) is 35.5 Å². The Hall–Kier alpha value is -1.35. The van der Waals surface area contributed by atoms with Gasteiger partial charge in [-0.3, -0.25) is 0 Å². The van der Waals surface area contributed by atoms with Crippen LogP contribution in [0.1, 0.15) is 38.7 Å². The average molecular weight is 260 g/mol. The lowest BCUT2D eigenvalue weighted by molar-refractivity contribution is -0.0631. The van der Waals surface area contributed by atoms with Gasteiger partial charge in [-0.2, -0.15) is 0 Å². The van der Waals surface area contributed by atoms with E-state index in [1.807, 2.05) is 19.9 Å². The molecule has 3 nitrogen and oxygen atoms in total. The average Bonchev–Trinajstić information content (AvgIpc) is 2.85. The number of nitrogens with zero attached hydrogens (tertiary/aromatic N) is 2. The van der Waals surface area contributed by atoms with E-state index in [4.69, 9.17) is 4.84 Å². The van der Waals surface area contributed by atoms with E-state index in [-0.39, 0.29) is 5.60 Å². The summed E-state index contributed by atoms with van der Waals surface area (Å²) >= 11 is 0. The molecule has 2 heterocycles. The lowest BCUT2D eigenvalue weighted by atomic mass is 9.87. The standard InChI is InChI=1S/C14H18N2O.C2H6/c1-16-9-5-8-14(11-16)10-13(15-17-14)12-6-3-2-4-7-12;1-2/h2-4,6-7H,5,8-11H2,1H3;1-2H3. The molecule has 0 aliphatic carbocycles. The summed E-state index contributed by atoms with van der Waals surface area (Å²) < 4.78 is 0. The van der Waals surface area contributed by atoms with Crippen LogP contribution in [-0.4, -0.2) is 36.3 Å². The van der Waals surface area contributed by atoms with Crippen molar-refractivity contribution in [3.8, 4) is 0 Å². The second-order valence-electron chi connectivity index (χ2n) is 5.20. The fourth-order valence-electron chi connectivity index (χ4n) is 2.85. The summed E-state index contributed by atoms with van der Waals surface area (Å²) in [6.45, 7) is 6.17. The van der Waals surface area contributed by atoms with Crippen LogP contribution in [0.4, 0.5) is 0 Å². The number of hydrogen-bond donors (Lipinski definition) is 0. The molecule has 19 heavy (non-hydrogen) atoms. The Morgan fingerprint density at radius 2 is 1.95 bits per heavy atom. The van der Waals surface area contributed by atoms with Crippen molar-refractivity contribution in [2.24, 2.45) is 5.16 Å². The van der Waals surface area contributed by atoms with Crippen LogP contribution in [-0.2, 0) is 4.84 Å². The molecular weight excluding hydrogens is 236 g/mol. The highest BCUT2D eigenvalue weighted by Gasteiger charge is 2.42. The largest absolute Gasteiger partial charge is 0.387 e. The van der Waals surface area contributed by atoms with Gasteiger partial charge in [0.25, 0.3) is 0 Å². The molecule has 3 heteroatoms. The number of hydrogen-bond acceptors (Lipinski definition) is 3. The first-order valence-corrected chi connectivity index (χ1v) is 7.26. The van der Waals surface area contributed by atoms with Crippen LogP contribution in [0.3, 0.4) is 0 Å². The van der Waals surface area contributed by atoms with Gasteiger partial charge in [-0.05, 0) is 32.0 Å². The molecule has 104 valence electrons. The molecule has 1 fully saturated rings. The van der Waals surface area contributed by atoms with E-state index in [0.717, 1.165) is 25.1 Å². The molecule has 1 spiro atoms. The van der Waals surface area contributed by atoms with E-state index in [0.29, 0.717) is 0 Å². The normalized spacial score (nSPS) is 26.4. The number of oxime groups is 1. The van der Waals surface area contributed by atoms with Crippen LogP contribution in [0.25, 0.3) is 0 Å². The van der Waals surface area contributed by atoms with Crippen molar-refractivity contribution in [3.63, 3.8) is 0 Å². The number of likely N-dealkylation sites (N-methyl/N-ethyl adjacent to an activating group) is 1. The van der Waals surface area contributed by atoms with Crippen molar-refractivity contribution in [1.29, 1.82) is 0 Å². The highest BCUT2D eigenvalue weighted by molar-refractivity contribution is 6.01. The Morgan fingerprint density at radius 1 is 1.21 bits per heavy atom. The third kappa shape index (κ3) is 3.16. The molecule has 1 atom stereocenters. The molecule has 0 amide bonds. The molecule has 3 rings (SSSR count). The first-order valence-electron chi connectivity index (χ1n) is 7.26. The fraction of sp³-hybridized carbons (Fsp3) is 0.562. The number of rotatable bonds is 1. The molecule has 0 saturated carbocycles. The van der Waals surface area contributed by atoms with Gasteiger partial charge in [0.1, 0.15) is 0 Å². The zero-order valence-electron chi connectivity index (χ0n) is 12.2. The van der Waals surface area contributed by atoms with Gasteiger partial charge in [0.05, 0.1) is 5.71 Å². The van der Waals surface area contributed by atoms with E-state index >= 15 is 0 Å². The van der Waals surface area contributed by atoms with Crippen molar-refractivity contribution >= 4 is 5.71 Å². The predicted octanol–water partition coefficient (Wildman–Crippen LogP) is 3.30. The highest BCUT2D eigenvalue weighted by Crippen LogP contribution is 2.34. The number of benzene rings is 1. The van der Waals surface area contributed by atoms with Gasteiger partial charge < -0.3 is 9.74 Å². The van der Waals surface area contributed by atoms with Crippen LogP contribution >= 0.6 is 0 Å². The molecule has 0 N–H and O–H groups in total. The minimum Gasteiger partial charge on any atom is -0.387 e. The molecule has 1 aromatic carbocycles. The molecule has 0 radical (unpaired) electrons. The first-order chi connectivity index (χ1) is 9.27. The minimum atomic E-state index is -0.0574. The highest BCUT2D eigenvalue weighted by atomic mass is 16.7. The van der Waals surface area contributed by atoms with E-state index in [1.165, 1.54) is 18.5 Å². The second-order valence-corrected chi connectivity index (χ2v) is 5.20. The Balaban J connectivity index is 0.000000637. The molecule has 1 aromatic rings. The van der Waals surface area contributed by atoms with Crippen molar-refractivity contribution in [2.75, 3.05) is 20.1 Å². The summed E-state index contributed by atoms with van der Waals surface area (Å²) in [7, 11) is 2.16. The van der Waals surface area contributed by atoms with E-state index in [9.17, 15) is 0 Å². The van der Waals surface area contributed by atoms with Crippen LogP contribution < -0.4 is 0 Å². The van der Waals surface area contributed by atoms with Gasteiger partial charge in [0.15, 0.2) is 5.60 Å². The predicted molar refractivity (Wildman–Crippen MR) is 79.5 cm³/mol. The van der Waals surface area contributed by atoms with Gasteiger partial charge in [-0.25, -0.2) is 0 Å². The summed E-state index contributed by atoms with van der Waals surface area (Å²) in [5, 5.41) is 4.31. The van der Waals surface area contributed by atoms with Crippen molar-refractivity contribution < 1.29 is 4.84 Å². The first kappa shape index (κ1) is 14.1. The summed E-state index contributed by atoms with van der Waals surface area (Å²) in [4.78, 5) is 8.11. The zero-order valence-corrected chi connectivity index (χ0v) is 12.2. The van der Waals surface area contributed by atoms with E-state index < -0.39 is 0 Å². The molecular formula is C16H24N2O. The lowest BCUT2D eigenvalue weighted by Crippen LogP contribution is -2.46. The van der Waals surface area contributed by atoms with Gasteiger partial charge in [0.2, 0.25) is 0 Å².